The molecule has 0 saturated heterocycles. The Morgan fingerprint density at radius 3 is 2.03 bits per heavy atom. The Balaban J connectivity index is 1.82. The van der Waals surface area contributed by atoms with Gasteiger partial charge in [-0.15, -0.1) is 0 Å². The van der Waals surface area contributed by atoms with Gasteiger partial charge in [0.2, 0.25) is 0 Å². The van der Waals surface area contributed by atoms with Gasteiger partial charge >= 0.3 is 7.60 Å². The van der Waals surface area contributed by atoms with Gasteiger partial charge < -0.3 is 20.0 Å². The summed E-state index contributed by atoms with van der Waals surface area (Å²) >= 11 is 0. The van der Waals surface area contributed by atoms with Crippen LogP contribution in [0.25, 0.3) is 11.4 Å². The molecule has 0 atom stereocenters. The molecule has 4 rings (SSSR count). The summed E-state index contributed by atoms with van der Waals surface area (Å²) < 4.78 is 11.2. The number of carbonyl (C=O) groups is 2. The first-order valence-electron chi connectivity index (χ1n) is 9.14. The molecule has 29 heavy (non-hydrogen) atoms. The number of hydrogen-bond acceptors (Lipinski definition) is 3. The number of fused-ring (bicyclic) bond motifs is 1. The second-order valence-corrected chi connectivity index (χ2v) is 8.63. The van der Waals surface area contributed by atoms with E-state index in [1.807, 2.05) is 60.7 Å². The van der Waals surface area contributed by atoms with E-state index in [0.29, 0.717) is 28.1 Å². The predicted molar refractivity (Wildman–Crippen MR) is 108 cm³/mol. The predicted octanol–water partition coefficient (Wildman–Crippen LogP) is 2.35. The maximum Gasteiger partial charge on any atom is 0.325 e. The first-order chi connectivity index (χ1) is 13.9. The van der Waals surface area contributed by atoms with E-state index in [9.17, 15) is 14.2 Å². The quantitative estimate of drug-likeness (QED) is 0.634. The molecule has 2 aromatic carbocycles. The van der Waals surface area contributed by atoms with Crippen molar-refractivity contribution in [2.24, 2.45) is 0 Å². The lowest BCUT2D eigenvalue weighted by molar-refractivity contribution is -0.123. The van der Waals surface area contributed by atoms with E-state index in [0.717, 1.165) is 5.56 Å². The summed E-state index contributed by atoms with van der Waals surface area (Å²) in [6, 6.07) is 18.2. The maximum atomic E-state index is 13.3. The van der Waals surface area contributed by atoms with Crippen LogP contribution in [0.4, 0.5) is 0 Å². The summed E-state index contributed by atoms with van der Waals surface area (Å²) in [6.07, 6.45) is -0.208. The first-order valence-corrected chi connectivity index (χ1v) is 10.9. The van der Waals surface area contributed by atoms with Crippen LogP contribution < -0.4 is 5.32 Å². The lowest BCUT2D eigenvalue weighted by Gasteiger charge is -2.22. The molecule has 0 aromatic heterocycles. The van der Waals surface area contributed by atoms with Gasteiger partial charge in [0.25, 0.3) is 11.8 Å². The van der Waals surface area contributed by atoms with Gasteiger partial charge in [-0.1, -0.05) is 60.7 Å². The highest BCUT2D eigenvalue weighted by molar-refractivity contribution is 7.51. The number of carbonyl (C=O) groups excluding carboxylic acids is 2. The standard InChI is InChI=1S/C21H19N2O5P/c24-20-17-16(18(22-20)14-8-3-1-4-9-14)21(25)23(12-7-13-29(26,27)28)19(17)15-10-5-2-6-11-15/h1-6,8-11H,7,12-13H2,(H,22,24)(H2,26,27,28). The molecular formula is C21H19N2O5P. The first kappa shape index (κ1) is 19.3. The van der Waals surface area contributed by atoms with Gasteiger partial charge in [0.15, 0.2) is 0 Å². The molecule has 2 aliphatic heterocycles. The number of nitrogens with one attached hydrogen (secondary N) is 1. The number of rotatable bonds is 6. The van der Waals surface area contributed by atoms with E-state index in [1.165, 1.54) is 4.90 Å². The SMILES string of the molecule is O=C1NC(c2ccccc2)=C2C(=O)N(CCCP(=O)(O)O)C(c3ccccc3)=C12. The molecule has 3 N–H and O–H groups in total. The summed E-state index contributed by atoms with van der Waals surface area (Å²) in [5.74, 6) is -0.703. The largest absolute Gasteiger partial charge is 0.325 e. The Bertz CT molecular complexity index is 1090. The van der Waals surface area contributed by atoms with Crippen molar-refractivity contribution in [2.45, 2.75) is 6.42 Å². The minimum atomic E-state index is -4.17. The highest BCUT2D eigenvalue weighted by atomic mass is 31.2. The van der Waals surface area contributed by atoms with Gasteiger partial charge in [-0.05, 0) is 17.5 Å². The van der Waals surface area contributed by atoms with E-state index in [1.54, 1.807) is 0 Å². The van der Waals surface area contributed by atoms with Gasteiger partial charge in [0, 0.05) is 6.54 Å². The lowest BCUT2D eigenvalue weighted by Crippen LogP contribution is -2.29. The maximum absolute atomic E-state index is 13.3. The zero-order valence-corrected chi connectivity index (χ0v) is 16.3. The van der Waals surface area contributed by atoms with Crippen LogP contribution in [0, 0.1) is 0 Å². The molecule has 8 heteroatoms. The van der Waals surface area contributed by atoms with E-state index in [2.05, 4.69) is 5.32 Å². The molecule has 2 amide bonds. The lowest BCUT2D eigenvalue weighted by atomic mass is 10.0. The van der Waals surface area contributed by atoms with Crippen LogP contribution in [0.15, 0.2) is 71.8 Å². The minimum Gasteiger partial charge on any atom is -0.324 e. The zero-order valence-electron chi connectivity index (χ0n) is 15.4. The fraction of sp³-hybridized carbons (Fsp3) is 0.143. The van der Waals surface area contributed by atoms with Gasteiger partial charge in [-0.2, -0.15) is 0 Å². The Kier molecular flexibility index (Phi) is 4.96. The number of amides is 2. The van der Waals surface area contributed by atoms with Crippen LogP contribution in [-0.2, 0) is 14.2 Å². The van der Waals surface area contributed by atoms with Crippen LogP contribution in [0.1, 0.15) is 17.5 Å². The van der Waals surface area contributed by atoms with E-state index < -0.39 is 7.60 Å². The summed E-state index contributed by atoms with van der Waals surface area (Å²) in [7, 11) is -4.17. The van der Waals surface area contributed by atoms with E-state index in [4.69, 9.17) is 9.79 Å². The normalized spacial score (nSPS) is 16.6. The molecule has 2 aliphatic rings. The van der Waals surface area contributed by atoms with Gasteiger partial charge in [-0.25, -0.2) is 0 Å². The summed E-state index contributed by atoms with van der Waals surface area (Å²) in [4.78, 5) is 45.9. The van der Waals surface area contributed by atoms with Crippen molar-refractivity contribution in [3.8, 4) is 0 Å². The summed E-state index contributed by atoms with van der Waals surface area (Å²) in [6.45, 7) is 0.108. The van der Waals surface area contributed by atoms with Crippen LogP contribution in [0.5, 0.6) is 0 Å². The monoisotopic (exact) mass is 410 g/mol. The van der Waals surface area contributed by atoms with Crippen molar-refractivity contribution in [1.82, 2.24) is 10.2 Å². The molecule has 0 unspecified atom stereocenters. The Hall–Kier alpha value is -2.99. The molecule has 0 aliphatic carbocycles. The Morgan fingerprint density at radius 2 is 1.45 bits per heavy atom. The van der Waals surface area contributed by atoms with Crippen LogP contribution in [-0.4, -0.2) is 39.2 Å². The van der Waals surface area contributed by atoms with Crippen LogP contribution in [0.2, 0.25) is 0 Å². The fourth-order valence-electron chi connectivity index (χ4n) is 3.65. The molecule has 0 fully saturated rings. The molecule has 0 radical (unpaired) electrons. The van der Waals surface area contributed by atoms with Crippen molar-refractivity contribution in [2.75, 3.05) is 12.7 Å². The molecule has 0 saturated carbocycles. The number of hydrogen-bond donors (Lipinski definition) is 3. The number of nitrogens with zero attached hydrogens (tertiary/aromatic N) is 1. The van der Waals surface area contributed by atoms with Crippen molar-refractivity contribution < 1.29 is 23.9 Å². The second kappa shape index (κ2) is 7.44. The van der Waals surface area contributed by atoms with Crippen LogP contribution in [0.3, 0.4) is 0 Å². The minimum absolute atomic E-state index is 0.108. The molecular weight excluding hydrogens is 391 g/mol. The summed E-state index contributed by atoms with van der Waals surface area (Å²) in [5, 5.41) is 2.81. The van der Waals surface area contributed by atoms with Gasteiger partial charge in [0.1, 0.15) is 0 Å². The smallest absolute Gasteiger partial charge is 0.324 e. The summed E-state index contributed by atoms with van der Waals surface area (Å²) in [5.41, 5.74) is 2.96. The fourth-order valence-corrected chi connectivity index (χ4v) is 4.21. The number of benzene rings is 2. The molecule has 148 valence electrons. The Labute approximate surface area is 167 Å². The van der Waals surface area contributed by atoms with Gasteiger partial charge in [0.05, 0.1) is 28.7 Å². The average molecular weight is 410 g/mol. The molecule has 2 aromatic rings. The van der Waals surface area contributed by atoms with Crippen molar-refractivity contribution in [3.63, 3.8) is 0 Å². The second-order valence-electron chi connectivity index (χ2n) is 6.86. The van der Waals surface area contributed by atoms with Crippen molar-refractivity contribution >= 4 is 30.8 Å². The third-order valence-corrected chi connectivity index (χ3v) is 5.77. The molecule has 7 nitrogen and oxygen atoms in total. The molecule has 0 bridgehead atoms. The zero-order chi connectivity index (χ0) is 20.6. The third-order valence-electron chi connectivity index (χ3n) is 4.87. The highest BCUT2D eigenvalue weighted by Gasteiger charge is 2.45. The van der Waals surface area contributed by atoms with Crippen molar-refractivity contribution in [1.29, 1.82) is 0 Å². The van der Waals surface area contributed by atoms with E-state index >= 15 is 0 Å². The average Bonchev–Trinajstić information content (AvgIpc) is 3.18. The molecule has 0 spiro atoms. The highest BCUT2D eigenvalue weighted by Crippen LogP contribution is 2.43. The topological polar surface area (TPSA) is 107 Å². The van der Waals surface area contributed by atoms with Crippen molar-refractivity contribution in [3.05, 3.63) is 82.9 Å². The Morgan fingerprint density at radius 1 is 0.862 bits per heavy atom. The van der Waals surface area contributed by atoms with Gasteiger partial charge in [-0.3, -0.25) is 14.2 Å². The molecule has 2 heterocycles. The van der Waals surface area contributed by atoms with E-state index in [-0.39, 0.29) is 30.9 Å². The van der Waals surface area contributed by atoms with Crippen LogP contribution >= 0.6 is 7.60 Å². The third kappa shape index (κ3) is 3.68.